The van der Waals surface area contributed by atoms with Crippen molar-refractivity contribution >= 4 is 45.5 Å². The molecule has 1 aromatic carbocycles. The van der Waals surface area contributed by atoms with E-state index in [1.54, 1.807) is 37.4 Å². The van der Waals surface area contributed by atoms with E-state index < -0.39 is 35.3 Å². The maximum atomic E-state index is 14.8. The number of thiazole rings is 1. The van der Waals surface area contributed by atoms with Crippen LogP contribution in [0.2, 0.25) is 0 Å². The van der Waals surface area contributed by atoms with Crippen LogP contribution in [0.1, 0.15) is 43.6 Å². The number of thiophene rings is 1. The Hall–Kier alpha value is -3.37. The third kappa shape index (κ3) is 3.61. The summed E-state index contributed by atoms with van der Waals surface area (Å²) in [4.78, 5) is 44.4. The van der Waals surface area contributed by atoms with Gasteiger partial charge in [-0.15, -0.1) is 11.3 Å². The number of rotatable bonds is 6. The maximum absolute atomic E-state index is 14.8. The van der Waals surface area contributed by atoms with Gasteiger partial charge in [-0.3, -0.25) is 14.5 Å². The Kier molecular flexibility index (Phi) is 5.90. The number of hydrogen-bond donors (Lipinski definition) is 1. The Morgan fingerprint density at radius 3 is 2.66 bits per heavy atom. The molecule has 3 heterocycles. The molecule has 164 valence electrons. The van der Waals surface area contributed by atoms with Gasteiger partial charge in [0.05, 0.1) is 22.8 Å². The molecule has 0 spiro atoms. The number of aliphatic hydroxyl groups is 1. The van der Waals surface area contributed by atoms with Gasteiger partial charge in [-0.2, -0.15) is 0 Å². The smallest absolute Gasteiger partial charge is 0.350 e. The zero-order chi connectivity index (χ0) is 23.0. The summed E-state index contributed by atoms with van der Waals surface area (Å²) in [5.74, 6) is -3.51. The molecule has 0 aliphatic carbocycles. The molecule has 0 saturated heterocycles. The largest absolute Gasteiger partial charge is 0.503 e. The topological polar surface area (TPSA) is 96.8 Å². The van der Waals surface area contributed by atoms with E-state index >= 15 is 0 Å². The SMILES string of the molecule is CCOC(=O)c1sc(N2C(=O)C(O)=C(C(=O)c3cccs3)[C@H]2c2ccccc2F)nc1C. The summed E-state index contributed by atoms with van der Waals surface area (Å²) in [6.07, 6.45) is 0. The quantitative estimate of drug-likeness (QED) is 0.416. The van der Waals surface area contributed by atoms with E-state index in [-0.39, 0.29) is 27.8 Å². The van der Waals surface area contributed by atoms with Crippen molar-refractivity contribution in [3.8, 4) is 0 Å². The van der Waals surface area contributed by atoms with Crippen molar-refractivity contribution in [1.29, 1.82) is 0 Å². The highest BCUT2D eigenvalue weighted by Crippen LogP contribution is 2.44. The molecule has 2 aromatic heterocycles. The third-order valence-electron chi connectivity index (χ3n) is 4.85. The van der Waals surface area contributed by atoms with Gasteiger partial charge in [0.25, 0.3) is 5.91 Å². The van der Waals surface area contributed by atoms with Crippen LogP contribution in [0.5, 0.6) is 0 Å². The zero-order valence-electron chi connectivity index (χ0n) is 17.0. The molecule has 0 unspecified atom stereocenters. The molecular weight excluding hydrogens is 455 g/mol. The van der Waals surface area contributed by atoms with E-state index in [2.05, 4.69) is 4.98 Å². The summed E-state index contributed by atoms with van der Waals surface area (Å²) in [5, 5.41) is 12.4. The minimum Gasteiger partial charge on any atom is -0.503 e. The number of aromatic nitrogens is 1. The first-order valence-corrected chi connectivity index (χ1v) is 11.3. The summed E-state index contributed by atoms with van der Waals surface area (Å²) in [5.41, 5.74) is 0.101. The van der Waals surface area contributed by atoms with Gasteiger partial charge in [-0.1, -0.05) is 35.6 Å². The van der Waals surface area contributed by atoms with E-state index in [0.717, 1.165) is 27.6 Å². The first-order chi connectivity index (χ1) is 15.3. The van der Waals surface area contributed by atoms with E-state index in [1.807, 2.05) is 0 Å². The van der Waals surface area contributed by atoms with Gasteiger partial charge >= 0.3 is 5.97 Å². The summed E-state index contributed by atoms with van der Waals surface area (Å²) in [6.45, 7) is 3.40. The number of ketones is 1. The first-order valence-electron chi connectivity index (χ1n) is 9.59. The number of esters is 1. The molecule has 10 heteroatoms. The number of aliphatic hydroxyl groups excluding tert-OH is 1. The number of nitrogens with zero attached hydrogens (tertiary/aromatic N) is 2. The predicted octanol–water partition coefficient (Wildman–Crippen LogP) is 4.61. The van der Waals surface area contributed by atoms with Crippen LogP contribution >= 0.6 is 22.7 Å². The van der Waals surface area contributed by atoms with Crippen LogP contribution in [0.3, 0.4) is 0 Å². The van der Waals surface area contributed by atoms with Gasteiger partial charge in [0, 0.05) is 5.56 Å². The van der Waals surface area contributed by atoms with Crippen LogP contribution in [-0.2, 0) is 9.53 Å². The van der Waals surface area contributed by atoms with Gasteiger partial charge in [-0.25, -0.2) is 14.2 Å². The summed E-state index contributed by atoms with van der Waals surface area (Å²) < 4.78 is 19.9. The lowest BCUT2D eigenvalue weighted by Gasteiger charge is -2.24. The third-order valence-corrected chi connectivity index (χ3v) is 6.86. The highest BCUT2D eigenvalue weighted by Gasteiger charge is 2.47. The number of carbonyl (C=O) groups excluding carboxylic acids is 3. The van der Waals surface area contributed by atoms with Gasteiger partial charge < -0.3 is 9.84 Å². The lowest BCUT2D eigenvalue weighted by atomic mass is 9.95. The molecule has 0 radical (unpaired) electrons. The van der Waals surface area contributed by atoms with Crippen molar-refractivity contribution in [2.45, 2.75) is 19.9 Å². The van der Waals surface area contributed by atoms with Crippen molar-refractivity contribution in [3.63, 3.8) is 0 Å². The number of ether oxygens (including phenoxy) is 1. The molecular formula is C22H17FN2O5S2. The molecule has 3 aromatic rings. The molecule has 1 amide bonds. The molecule has 0 bridgehead atoms. The van der Waals surface area contributed by atoms with Crippen molar-refractivity contribution in [2.24, 2.45) is 0 Å². The monoisotopic (exact) mass is 472 g/mol. The minimum absolute atomic E-state index is 0.0235. The van der Waals surface area contributed by atoms with Crippen molar-refractivity contribution in [3.05, 3.63) is 79.9 Å². The summed E-state index contributed by atoms with van der Waals surface area (Å²) >= 11 is 2.02. The number of hydrogen-bond acceptors (Lipinski definition) is 8. The molecule has 1 aliphatic rings. The Bertz CT molecular complexity index is 1250. The second kappa shape index (κ2) is 8.64. The summed E-state index contributed by atoms with van der Waals surface area (Å²) in [7, 11) is 0. The number of amides is 1. The fraction of sp³-hybridized carbons (Fsp3) is 0.182. The lowest BCUT2D eigenvalue weighted by molar-refractivity contribution is -0.117. The number of halogens is 1. The Labute approximate surface area is 190 Å². The van der Waals surface area contributed by atoms with Gasteiger partial charge in [0.2, 0.25) is 5.78 Å². The molecule has 0 fully saturated rings. The van der Waals surface area contributed by atoms with E-state index in [1.165, 1.54) is 18.2 Å². The fourth-order valence-electron chi connectivity index (χ4n) is 3.44. The standard InChI is InChI=1S/C22H17FN2O5S2/c1-3-30-21(29)19-11(2)24-22(32-19)25-16(12-7-4-5-8-13(12)23)15(18(27)20(25)28)17(26)14-9-6-10-31-14/h4-10,16,27H,3H2,1-2H3/t16-/m1/s1. The van der Waals surface area contributed by atoms with Gasteiger partial charge in [0.1, 0.15) is 16.7 Å². The Morgan fingerprint density at radius 2 is 2.00 bits per heavy atom. The van der Waals surface area contributed by atoms with E-state index in [0.29, 0.717) is 10.6 Å². The van der Waals surface area contributed by atoms with Crippen molar-refractivity contribution in [2.75, 3.05) is 11.5 Å². The van der Waals surface area contributed by atoms with Crippen LogP contribution in [-0.4, -0.2) is 34.4 Å². The predicted molar refractivity (Wildman–Crippen MR) is 118 cm³/mol. The molecule has 32 heavy (non-hydrogen) atoms. The molecule has 7 nitrogen and oxygen atoms in total. The summed E-state index contributed by atoms with van der Waals surface area (Å²) in [6, 6.07) is 7.67. The van der Waals surface area contributed by atoms with Crippen LogP contribution in [0, 0.1) is 12.7 Å². The molecule has 1 atom stereocenters. The van der Waals surface area contributed by atoms with Crippen LogP contribution < -0.4 is 4.90 Å². The lowest BCUT2D eigenvalue weighted by Crippen LogP contribution is -2.31. The average molecular weight is 473 g/mol. The highest BCUT2D eigenvalue weighted by atomic mass is 32.1. The number of aryl methyl sites for hydroxylation is 1. The highest BCUT2D eigenvalue weighted by molar-refractivity contribution is 7.17. The average Bonchev–Trinajstić information content (AvgIpc) is 3.48. The molecule has 1 N–H and O–H groups in total. The number of Topliss-reactive ketones (excluding diaryl/α,β-unsaturated/α-hetero) is 1. The second-order valence-corrected chi connectivity index (χ2v) is 8.72. The maximum Gasteiger partial charge on any atom is 0.350 e. The number of carbonyl (C=O) groups is 3. The van der Waals surface area contributed by atoms with Crippen molar-refractivity contribution < 1.29 is 28.6 Å². The van der Waals surface area contributed by atoms with Gasteiger partial charge in [0.15, 0.2) is 10.9 Å². The first kappa shape index (κ1) is 21.8. The van der Waals surface area contributed by atoms with Crippen LogP contribution in [0.4, 0.5) is 9.52 Å². The van der Waals surface area contributed by atoms with Crippen molar-refractivity contribution in [1.82, 2.24) is 4.98 Å². The van der Waals surface area contributed by atoms with E-state index in [4.69, 9.17) is 4.74 Å². The number of anilines is 1. The van der Waals surface area contributed by atoms with Crippen LogP contribution in [0.15, 0.2) is 53.1 Å². The Morgan fingerprint density at radius 1 is 1.25 bits per heavy atom. The van der Waals surface area contributed by atoms with Gasteiger partial charge in [-0.05, 0) is 31.4 Å². The van der Waals surface area contributed by atoms with E-state index in [9.17, 15) is 23.9 Å². The molecule has 1 aliphatic heterocycles. The zero-order valence-corrected chi connectivity index (χ0v) is 18.6. The normalized spacial score (nSPS) is 16.0. The molecule has 4 rings (SSSR count). The Balaban J connectivity index is 1.87. The number of benzene rings is 1. The minimum atomic E-state index is -1.25. The second-order valence-electron chi connectivity index (χ2n) is 6.80. The fourth-order valence-corrected chi connectivity index (χ4v) is 5.10. The van der Waals surface area contributed by atoms with Crippen LogP contribution in [0.25, 0.3) is 0 Å². The molecule has 0 saturated carbocycles.